The predicted octanol–water partition coefficient (Wildman–Crippen LogP) is 2.71. The fourth-order valence-electron chi connectivity index (χ4n) is 5.50. The van der Waals surface area contributed by atoms with Gasteiger partial charge in [-0.3, -0.25) is 0 Å². The van der Waals surface area contributed by atoms with E-state index in [1.807, 2.05) is 0 Å². The molecule has 1 aromatic heterocycles. The molecule has 0 aliphatic carbocycles. The number of para-hydroxylation sites is 1. The van der Waals surface area contributed by atoms with E-state index in [1.54, 1.807) is 0 Å². The number of aryl methyl sites for hydroxylation is 1. The molecule has 0 bridgehead atoms. The van der Waals surface area contributed by atoms with Crippen molar-refractivity contribution in [3.8, 4) is 0 Å². The Kier molecular flexibility index (Phi) is 5.35. The number of hydrogen-bond acceptors (Lipinski definition) is 8. The Bertz CT molecular complexity index is 1060. The van der Waals surface area contributed by atoms with Crippen molar-refractivity contribution in [1.82, 2.24) is 15.3 Å². The van der Waals surface area contributed by atoms with Gasteiger partial charge in [-0.05, 0) is 42.9 Å². The molecule has 2 aromatic rings. The Hall–Kier alpha value is -2.49. The van der Waals surface area contributed by atoms with Gasteiger partial charge in [0.25, 0.3) is 0 Å². The van der Waals surface area contributed by atoms with Crippen LogP contribution in [0.1, 0.15) is 36.9 Å². The van der Waals surface area contributed by atoms with Crippen LogP contribution in [0.15, 0.2) is 41.6 Å². The lowest BCUT2D eigenvalue weighted by molar-refractivity contribution is 0.0903. The van der Waals surface area contributed by atoms with Crippen LogP contribution in [0, 0.1) is 0 Å². The van der Waals surface area contributed by atoms with Gasteiger partial charge in [-0.25, -0.2) is 4.98 Å². The van der Waals surface area contributed by atoms with E-state index in [9.17, 15) is 4.55 Å². The summed E-state index contributed by atoms with van der Waals surface area (Å²) in [6, 6.07) is 8.78. The smallest absolute Gasteiger partial charge is 0.227 e. The maximum Gasteiger partial charge on any atom is 0.227 e. The molecular formula is C24H30N6O2S. The summed E-state index contributed by atoms with van der Waals surface area (Å²) in [4.78, 5) is 12.9. The molecule has 174 valence electrons. The number of anilines is 3. The number of piperidine rings is 1. The normalized spacial score (nSPS) is 24.1. The lowest BCUT2D eigenvalue weighted by atomic mass is 9.79. The third-order valence-electron chi connectivity index (χ3n) is 7.26. The highest BCUT2D eigenvalue weighted by Crippen LogP contribution is 2.42. The molecule has 6 rings (SSSR count). The number of fused-ring (bicyclic) bond motifs is 3. The van der Waals surface area contributed by atoms with Gasteiger partial charge in [0.05, 0.1) is 11.4 Å². The lowest BCUT2D eigenvalue weighted by Crippen LogP contribution is -2.54. The van der Waals surface area contributed by atoms with Crippen molar-refractivity contribution in [1.29, 1.82) is 0 Å². The summed E-state index contributed by atoms with van der Waals surface area (Å²) in [6.07, 6.45) is 4.49. The maximum absolute atomic E-state index is 12.7. The second kappa shape index (κ2) is 8.38. The molecule has 0 saturated carbocycles. The van der Waals surface area contributed by atoms with Crippen molar-refractivity contribution in [2.24, 2.45) is 0 Å². The fraction of sp³-hybridized carbons (Fsp3) is 0.500. The summed E-state index contributed by atoms with van der Waals surface area (Å²) in [6.45, 7) is 7.34. The van der Waals surface area contributed by atoms with Crippen LogP contribution in [-0.4, -0.2) is 52.6 Å². The van der Waals surface area contributed by atoms with Gasteiger partial charge in [-0.1, -0.05) is 24.8 Å². The van der Waals surface area contributed by atoms with Gasteiger partial charge in [0, 0.05) is 50.0 Å². The van der Waals surface area contributed by atoms with Gasteiger partial charge in [-0.15, -0.1) is 0 Å². The number of ether oxygens (including phenoxy) is 1. The number of nitrogens with zero attached hydrogens (tertiary/aromatic N) is 3. The van der Waals surface area contributed by atoms with Crippen molar-refractivity contribution in [3.63, 3.8) is 0 Å². The van der Waals surface area contributed by atoms with Crippen LogP contribution in [0.4, 0.5) is 17.5 Å². The van der Waals surface area contributed by atoms with Crippen molar-refractivity contribution < 1.29 is 9.29 Å². The van der Waals surface area contributed by atoms with E-state index in [0.29, 0.717) is 11.8 Å². The molecule has 8 nitrogen and oxygen atoms in total. The molecule has 4 aliphatic heterocycles. The Labute approximate surface area is 197 Å². The quantitative estimate of drug-likeness (QED) is 0.594. The van der Waals surface area contributed by atoms with E-state index >= 15 is 0 Å². The fourth-order valence-corrected chi connectivity index (χ4v) is 6.81. The molecule has 2 saturated heterocycles. The van der Waals surface area contributed by atoms with Crippen LogP contribution in [-0.2, 0) is 27.9 Å². The molecule has 9 heteroatoms. The monoisotopic (exact) mass is 466 g/mol. The number of nitrogens with one attached hydrogen (secondary N) is 3. The van der Waals surface area contributed by atoms with E-state index in [2.05, 4.69) is 51.7 Å². The largest absolute Gasteiger partial charge is 0.611 e. The second-order valence-electron chi connectivity index (χ2n) is 9.32. The van der Waals surface area contributed by atoms with E-state index in [0.717, 1.165) is 92.3 Å². The molecule has 2 fully saturated rings. The van der Waals surface area contributed by atoms with Crippen LogP contribution in [0.2, 0.25) is 0 Å². The molecule has 1 atom stereocenters. The first-order valence-corrected chi connectivity index (χ1v) is 13.2. The van der Waals surface area contributed by atoms with E-state index in [1.165, 1.54) is 5.56 Å². The second-order valence-corrected chi connectivity index (χ2v) is 10.8. The molecule has 0 amide bonds. The van der Waals surface area contributed by atoms with Gasteiger partial charge < -0.3 is 30.1 Å². The van der Waals surface area contributed by atoms with Gasteiger partial charge in [0.15, 0.2) is 5.82 Å². The Morgan fingerprint density at radius 1 is 1.18 bits per heavy atom. The molecule has 0 radical (unpaired) electrons. The average Bonchev–Trinajstić information content (AvgIpc) is 3.21. The summed E-state index contributed by atoms with van der Waals surface area (Å²) in [5.74, 6) is 2.99. The highest BCUT2D eigenvalue weighted by atomic mass is 32.2. The van der Waals surface area contributed by atoms with Crippen molar-refractivity contribution in [3.05, 3.63) is 47.9 Å². The molecule has 4 aliphatic rings. The zero-order valence-corrected chi connectivity index (χ0v) is 19.5. The minimum atomic E-state index is -1.03. The van der Waals surface area contributed by atoms with E-state index < -0.39 is 11.2 Å². The average molecular weight is 467 g/mol. The summed E-state index contributed by atoms with van der Waals surface area (Å²) < 4.78 is 18.2. The molecule has 5 heterocycles. The Morgan fingerprint density at radius 2 is 1.97 bits per heavy atom. The van der Waals surface area contributed by atoms with Crippen molar-refractivity contribution in [2.75, 3.05) is 47.6 Å². The molecule has 1 spiro atoms. The standard InChI is InChI=1S/C24H30N6O2S/c1-16-25-19-5-3-2-4-18(19)24(29-16)9-11-30(12-10-24)23-27-20-8-15-33(31)21(20)22(28-23)26-17-6-13-32-14-7-17/h2-5,17,25,29H,1,6-15H2,(H,26,27,28). The Balaban J connectivity index is 1.26. The molecule has 3 N–H and O–H groups in total. The van der Waals surface area contributed by atoms with Crippen LogP contribution in [0.5, 0.6) is 0 Å². The first-order chi connectivity index (χ1) is 16.1. The SMILES string of the molecule is C=C1Nc2ccccc2C2(CCN(c3nc4c(c(NC5CCOCC5)n3)[S+]([O-])CC4)CC2)N1. The minimum Gasteiger partial charge on any atom is -0.611 e. The molecule has 33 heavy (non-hydrogen) atoms. The van der Waals surface area contributed by atoms with Crippen molar-refractivity contribution in [2.45, 2.75) is 48.6 Å². The summed E-state index contributed by atoms with van der Waals surface area (Å²) in [7, 11) is 0. The number of rotatable bonds is 3. The maximum atomic E-state index is 12.7. The van der Waals surface area contributed by atoms with Gasteiger partial charge >= 0.3 is 0 Å². The zero-order chi connectivity index (χ0) is 22.4. The van der Waals surface area contributed by atoms with Crippen molar-refractivity contribution >= 4 is 28.6 Å². The Morgan fingerprint density at radius 3 is 2.79 bits per heavy atom. The first-order valence-electron chi connectivity index (χ1n) is 11.8. The summed E-state index contributed by atoms with van der Waals surface area (Å²) in [5.41, 5.74) is 3.24. The number of benzene rings is 1. The molecule has 1 unspecified atom stereocenters. The van der Waals surface area contributed by atoms with Gasteiger partial charge in [-0.2, -0.15) is 4.98 Å². The summed E-state index contributed by atoms with van der Waals surface area (Å²) >= 11 is -1.03. The highest BCUT2D eigenvalue weighted by molar-refractivity contribution is 7.91. The van der Waals surface area contributed by atoms with Crippen LogP contribution in [0.25, 0.3) is 0 Å². The molecular weight excluding hydrogens is 436 g/mol. The minimum absolute atomic E-state index is 0.128. The van der Waals surface area contributed by atoms with Crippen LogP contribution >= 0.6 is 0 Å². The molecule has 1 aromatic carbocycles. The zero-order valence-electron chi connectivity index (χ0n) is 18.7. The van der Waals surface area contributed by atoms with Gasteiger partial charge in [0.1, 0.15) is 11.4 Å². The van der Waals surface area contributed by atoms with Crippen LogP contribution < -0.4 is 20.9 Å². The third kappa shape index (κ3) is 3.82. The van der Waals surface area contributed by atoms with E-state index in [-0.39, 0.29) is 5.54 Å². The summed E-state index contributed by atoms with van der Waals surface area (Å²) in [5, 5.41) is 10.6. The van der Waals surface area contributed by atoms with Gasteiger partial charge in [0.2, 0.25) is 10.8 Å². The van der Waals surface area contributed by atoms with E-state index in [4.69, 9.17) is 14.7 Å². The predicted molar refractivity (Wildman–Crippen MR) is 130 cm³/mol. The topological polar surface area (TPSA) is 97.4 Å². The number of aromatic nitrogens is 2. The highest BCUT2D eigenvalue weighted by Gasteiger charge is 2.41. The van der Waals surface area contributed by atoms with Crippen LogP contribution in [0.3, 0.4) is 0 Å². The number of hydrogen-bond donors (Lipinski definition) is 3. The third-order valence-corrected chi connectivity index (χ3v) is 8.72. The first kappa shape index (κ1) is 21.1. The lowest BCUT2D eigenvalue weighted by Gasteiger charge is -2.47.